The zero-order valence-electron chi connectivity index (χ0n) is 9.17. The van der Waals surface area contributed by atoms with Crippen molar-refractivity contribution in [2.75, 3.05) is 7.11 Å². The lowest BCUT2D eigenvalue weighted by Crippen LogP contribution is -2.12. The fourth-order valence-corrected chi connectivity index (χ4v) is 1.31. The van der Waals surface area contributed by atoms with Crippen LogP contribution in [0.5, 0.6) is 0 Å². The normalized spacial score (nSPS) is 9.75. The van der Waals surface area contributed by atoms with Gasteiger partial charge in [-0.05, 0) is 37.1 Å². The van der Waals surface area contributed by atoms with Gasteiger partial charge in [-0.2, -0.15) is 0 Å². The Kier molecular flexibility index (Phi) is 3.60. The molecule has 0 saturated heterocycles. The summed E-state index contributed by atoms with van der Waals surface area (Å²) < 4.78 is 16.3. The first-order valence-electron chi connectivity index (χ1n) is 4.53. The molecule has 0 aliphatic heterocycles. The van der Waals surface area contributed by atoms with E-state index >= 15 is 0 Å². The third-order valence-electron chi connectivity index (χ3n) is 2.33. The van der Waals surface area contributed by atoms with E-state index in [9.17, 15) is 14.1 Å². The van der Waals surface area contributed by atoms with Gasteiger partial charge >= 0.3 is 11.9 Å². The van der Waals surface area contributed by atoms with Crippen LogP contribution in [0, 0.1) is 13.8 Å². The minimum Gasteiger partial charge on any atom is -0.465 e. The number of rotatable bonds is 2. The van der Waals surface area contributed by atoms with Crippen LogP contribution in [0.4, 0.5) is 4.53 Å². The van der Waals surface area contributed by atoms with E-state index in [0.717, 1.165) is 11.1 Å². The van der Waals surface area contributed by atoms with E-state index in [4.69, 9.17) is 0 Å². The molecule has 1 rings (SSSR count). The molecule has 0 aliphatic carbocycles. The summed E-state index contributed by atoms with van der Waals surface area (Å²) in [4.78, 5) is 25.6. The van der Waals surface area contributed by atoms with E-state index in [1.165, 1.54) is 19.2 Å². The molecule has 86 valence electrons. The Balaban J connectivity index is 3.38. The van der Waals surface area contributed by atoms with Crippen molar-refractivity contribution >= 4 is 11.9 Å². The molecule has 0 unspecified atom stereocenters. The molecule has 1 aromatic rings. The molecule has 0 atom stereocenters. The molecule has 0 aromatic heterocycles. The fraction of sp³-hybridized carbons (Fsp3) is 0.273. The molecular formula is C11H11FO4. The van der Waals surface area contributed by atoms with Gasteiger partial charge in [-0.3, -0.25) is 0 Å². The summed E-state index contributed by atoms with van der Waals surface area (Å²) in [5, 5.41) is 0. The maximum absolute atomic E-state index is 11.9. The largest absolute Gasteiger partial charge is 0.465 e. The molecule has 4 nitrogen and oxygen atoms in total. The maximum Gasteiger partial charge on any atom is 0.380 e. The first kappa shape index (κ1) is 12.2. The van der Waals surface area contributed by atoms with Gasteiger partial charge in [0.15, 0.2) is 0 Å². The summed E-state index contributed by atoms with van der Waals surface area (Å²) in [6.45, 7) is 3.51. The number of hydrogen-bond acceptors (Lipinski definition) is 4. The average Bonchev–Trinajstić information content (AvgIpc) is 2.30. The summed E-state index contributed by atoms with van der Waals surface area (Å²) in [6, 6.07) is 2.86. The molecular weight excluding hydrogens is 215 g/mol. The highest BCUT2D eigenvalue weighted by Gasteiger charge is 2.20. The van der Waals surface area contributed by atoms with Crippen LogP contribution in [-0.2, 0) is 9.68 Å². The summed E-state index contributed by atoms with van der Waals surface area (Å²) in [5.74, 6) is -1.91. The number of carbonyl (C=O) groups excluding carboxylic acids is 2. The third-order valence-corrected chi connectivity index (χ3v) is 2.33. The summed E-state index contributed by atoms with van der Waals surface area (Å²) >= 11 is 0. The van der Waals surface area contributed by atoms with E-state index in [2.05, 4.69) is 9.68 Å². The van der Waals surface area contributed by atoms with Gasteiger partial charge in [-0.25, -0.2) is 14.5 Å². The van der Waals surface area contributed by atoms with E-state index < -0.39 is 11.9 Å². The highest BCUT2D eigenvalue weighted by molar-refractivity contribution is 6.03. The van der Waals surface area contributed by atoms with E-state index in [-0.39, 0.29) is 11.1 Å². The lowest BCUT2D eigenvalue weighted by atomic mass is 10.00. The first-order valence-corrected chi connectivity index (χ1v) is 4.53. The van der Waals surface area contributed by atoms with Crippen molar-refractivity contribution in [2.45, 2.75) is 13.8 Å². The lowest BCUT2D eigenvalue weighted by Gasteiger charge is -2.08. The second-order valence-electron chi connectivity index (χ2n) is 3.34. The van der Waals surface area contributed by atoms with E-state index in [0.29, 0.717) is 0 Å². The number of methoxy groups -OCH3 is 1. The van der Waals surface area contributed by atoms with Crippen LogP contribution in [0.2, 0.25) is 0 Å². The van der Waals surface area contributed by atoms with Crippen LogP contribution in [0.15, 0.2) is 12.1 Å². The van der Waals surface area contributed by atoms with Gasteiger partial charge < -0.3 is 4.74 Å². The maximum atomic E-state index is 11.9. The van der Waals surface area contributed by atoms with Crippen molar-refractivity contribution in [3.8, 4) is 0 Å². The van der Waals surface area contributed by atoms with Gasteiger partial charge in [-0.1, -0.05) is 0 Å². The molecule has 0 amide bonds. The molecule has 16 heavy (non-hydrogen) atoms. The van der Waals surface area contributed by atoms with Crippen LogP contribution in [0.3, 0.4) is 0 Å². The number of hydrogen-bond donors (Lipinski definition) is 0. The number of benzene rings is 1. The van der Waals surface area contributed by atoms with E-state index in [1.807, 2.05) is 0 Å². The number of halogens is 1. The Morgan fingerprint density at radius 3 is 1.88 bits per heavy atom. The van der Waals surface area contributed by atoms with Crippen LogP contribution < -0.4 is 0 Å². The highest BCUT2D eigenvalue weighted by atomic mass is 19.3. The quantitative estimate of drug-likeness (QED) is 0.725. The highest BCUT2D eigenvalue weighted by Crippen LogP contribution is 2.18. The number of ether oxygens (including phenoxy) is 1. The van der Waals surface area contributed by atoms with Gasteiger partial charge in [0.25, 0.3) is 0 Å². The predicted octanol–water partition coefficient (Wildman–Crippen LogP) is 2.13. The Morgan fingerprint density at radius 2 is 1.50 bits per heavy atom. The van der Waals surface area contributed by atoms with Crippen LogP contribution in [-0.4, -0.2) is 19.0 Å². The second-order valence-corrected chi connectivity index (χ2v) is 3.34. The molecule has 0 bridgehead atoms. The summed E-state index contributed by atoms with van der Waals surface area (Å²) in [5.41, 5.74) is 1.41. The summed E-state index contributed by atoms with van der Waals surface area (Å²) in [7, 11) is 1.18. The Morgan fingerprint density at radius 1 is 1.06 bits per heavy atom. The van der Waals surface area contributed by atoms with E-state index in [1.54, 1.807) is 13.8 Å². The zero-order valence-corrected chi connectivity index (χ0v) is 9.17. The monoisotopic (exact) mass is 226 g/mol. The zero-order chi connectivity index (χ0) is 12.3. The third kappa shape index (κ3) is 2.18. The van der Waals surface area contributed by atoms with Crippen molar-refractivity contribution in [3.63, 3.8) is 0 Å². The minimum atomic E-state index is -1.21. The van der Waals surface area contributed by atoms with Gasteiger partial charge in [0.2, 0.25) is 0 Å². The van der Waals surface area contributed by atoms with Gasteiger partial charge in [0.1, 0.15) is 0 Å². The van der Waals surface area contributed by atoms with Crippen molar-refractivity contribution in [1.29, 1.82) is 0 Å². The SMILES string of the molecule is COC(=O)c1cc(C)c(C)cc1C(=O)OF. The number of esters is 1. The smallest absolute Gasteiger partial charge is 0.380 e. The van der Waals surface area contributed by atoms with Crippen molar-refractivity contribution < 1.29 is 23.8 Å². The molecule has 0 heterocycles. The topological polar surface area (TPSA) is 52.6 Å². The van der Waals surface area contributed by atoms with Gasteiger partial charge in [0.05, 0.1) is 18.2 Å². The van der Waals surface area contributed by atoms with Crippen molar-refractivity contribution in [3.05, 3.63) is 34.4 Å². The fourth-order valence-electron chi connectivity index (χ4n) is 1.31. The minimum absolute atomic E-state index is 0.00625. The standard InChI is InChI=1S/C11H11FO4/c1-6-4-8(10(13)15-3)9(5-7(6)2)11(14)16-12/h4-5H,1-3H3. The molecule has 5 heteroatoms. The molecule has 0 spiro atoms. The molecule has 0 fully saturated rings. The van der Waals surface area contributed by atoms with Crippen molar-refractivity contribution in [1.82, 2.24) is 0 Å². The predicted molar refractivity (Wildman–Crippen MR) is 53.8 cm³/mol. The van der Waals surface area contributed by atoms with Crippen LogP contribution in [0.1, 0.15) is 31.8 Å². The van der Waals surface area contributed by atoms with Crippen molar-refractivity contribution in [2.24, 2.45) is 0 Å². The molecule has 1 aromatic carbocycles. The Labute approximate surface area is 91.9 Å². The average molecular weight is 226 g/mol. The van der Waals surface area contributed by atoms with Gasteiger partial charge in [0, 0.05) is 4.53 Å². The number of carbonyl (C=O) groups is 2. The number of aryl methyl sites for hydroxylation is 2. The Hall–Kier alpha value is -1.91. The molecule has 0 saturated carbocycles. The Bertz CT molecular complexity index is 399. The summed E-state index contributed by atoms with van der Waals surface area (Å²) in [6.07, 6.45) is 0. The molecule has 0 aliphatic rings. The van der Waals surface area contributed by atoms with Crippen LogP contribution in [0.25, 0.3) is 0 Å². The second kappa shape index (κ2) is 4.74. The lowest BCUT2D eigenvalue weighted by molar-refractivity contribution is -0.0789. The molecule has 0 N–H and O–H groups in total. The first-order chi connectivity index (χ1) is 7.51. The van der Waals surface area contributed by atoms with Crippen LogP contribution >= 0.6 is 0 Å². The van der Waals surface area contributed by atoms with Gasteiger partial charge in [-0.15, -0.1) is 0 Å². The molecule has 0 radical (unpaired) electrons.